The molecule has 0 amide bonds. The lowest BCUT2D eigenvalue weighted by atomic mass is 10.2. The molecule has 1 atom stereocenters. The summed E-state index contributed by atoms with van der Waals surface area (Å²) in [5.74, 6) is 0. The van der Waals surface area contributed by atoms with E-state index in [1.54, 1.807) is 11.3 Å². The summed E-state index contributed by atoms with van der Waals surface area (Å²) in [6.45, 7) is 6.72. The number of aromatic nitrogens is 1. The Balaban J connectivity index is 1.87. The molecule has 0 aliphatic carbocycles. The van der Waals surface area contributed by atoms with E-state index in [1.165, 1.54) is 4.88 Å². The number of nitrogens with one attached hydrogen (secondary N) is 1. The first-order valence-corrected chi connectivity index (χ1v) is 5.55. The summed E-state index contributed by atoms with van der Waals surface area (Å²) in [7, 11) is 0. The van der Waals surface area contributed by atoms with Crippen molar-refractivity contribution in [2.75, 3.05) is 19.6 Å². The number of thiazole rings is 1. The van der Waals surface area contributed by atoms with Crippen LogP contribution >= 0.6 is 11.3 Å². The summed E-state index contributed by atoms with van der Waals surface area (Å²) in [5.41, 5.74) is 1.90. The van der Waals surface area contributed by atoms with E-state index in [0.29, 0.717) is 6.04 Å². The molecule has 3 nitrogen and oxygen atoms in total. The van der Waals surface area contributed by atoms with Crippen LogP contribution in [0.4, 0.5) is 0 Å². The van der Waals surface area contributed by atoms with Gasteiger partial charge in [0.05, 0.1) is 5.51 Å². The Morgan fingerprint density at radius 3 is 3.38 bits per heavy atom. The zero-order valence-corrected chi connectivity index (χ0v) is 8.68. The molecule has 1 aromatic heterocycles. The van der Waals surface area contributed by atoms with Crippen molar-refractivity contribution in [3.05, 3.63) is 16.6 Å². The summed E-state index contributed by atoms with van der Waals surface area (Å²) >= 11 is 1.74. The van der Waals surface area contributed by atoms with Crippen LogP contribution in [0.15, 0.2) is 11.7 Å². The summed E-state index contributed by atoms with van der Waals surface area (Å²) < 4.78 is 0. The maximum Gasteiger partial charge on any atom is 0.0794 e. The third kappa shape index (κ3) is 2.49. The number of hydrogen-bond acceptors (Lipinski definition) is 4. The van der Waals surface area contributed by atoms with Crippen LogP contribution in [0, 0.1) is 0 Å². The molecule has 0 bridgehead atoms. The fraction of sp³-hybridized carbons (Fsp3) is 0.667. The highest BCUT2D eigenvalue weighted by atomic mass is 32.1. The first kappa shape index (κ1) is 9.12. The maximum absolute atomic E-state index is 4.08. The number of hydrogen-bond donors (Lipinski definition) is 1. The van der Waals surface area contributed by atoms with E-state index in [0.717, 1.165) is 26.2 Å². The van der Waals surface area contributed by atoms with Crippen molar-refractivity contribution in [3.63, 3.8) is 0 Å². The van der Waals surface area contributed by atoms with E-state index >= 15 is 0 Å². The Labute approximate surface area is 82.8 Å². The van der Waals surface area contributed by atoms with Gasteiger partial charge in [-0.15, -0.1) is 11.3 Å². The molecular weight excluding hydrogens is 182 g/mol. The first-order valence-electron chi connectivity index (χ1n) is 4.67. The van der Waals surface area contributed by atoms with Crippen LogP contribution < -0.4 is 5.32 Å². The Morgan fingerprint density at radius 2 is 2.69 bits per heavy atom. The summed E-state index contributed by atoms with van der Waals surface area (Å²) in [6, 6.07) is 0.627. The lowest BCUT2D eigenvalue weighted by molar-refractivity contribution is 0.201. The number of nitrogens with zero attached hydrogens (tertiary/aromatic N) is 2. The zero-order chi connectivity index (χ0) is 9.10. The highest BCUT2D eigenvalue weighted by molar-refractivity contribution is 7.09. The average molecular weight is 197 g/mol. The van der Waals surface area contributed by atoms with Crippen LogP contribution in [0.1, 0.15) is 11.8 Å². The van der Waals surface area contributed by atoms with Gasteiger partial charge in [-0.25, -0.2) is 0 Å². The van der Waals surface area contributed by atoms with E-state index < -0.39 is 0 Å². The van der Waals surface area contributed by atoms with Gasteiger partial charge in [0.1, 0.15) is 0 Å². The maximum atomic E-state index is 4.08. The average Bonchev–Trinajstić information content (AvgIpc) is 2.57. The molecule has 1 aromatic rings. The van der Waals surface area contributed by atoms with Gasteiger partial charge in [0.2, 0.25) is 0 Å². The van der Waals surface area contributed by atoms with Crippen LogP contribution in [0.5, 0.6) is 0 Å². The molecule has 0 saturated carbocycles. The van der Waals surface area contributed by atoms with E-state index in [2.05, 4.69) is 22.1 Å². The van der Waals surface area contributed by atoms with Gasteiger partial charge in [0.25, 0.3) is 0 Å². The van der Waals surface area contributed by atoms with E-state index in [4.69, 9.17) is 0 Å². The fourth-order valence-corrected chi connectivity index (χ4v) is 2.33. The fourth-order valence-electron chi connectivity index (χ4n) is 1.70. The zero-order valence-electron chi connectivity index (χ0n) is 7.86. The molecule has 2 rings (SSSR count). The second kappa shape index (κ2) is 4.17. The van der Waals surface area contributed by atoms with Crippen molar-refractivity contribution in [2.24, 2.45) is 0 Å². The molecule has 13 heavy (non-hydrogen) atoms. The number of rotatable bonds is 2. The Kier molecular flexibility index (Phi) is 2.93. The lowest BCUT2D eigenvalue weighted by Gasteiger charge is -2.31. The Hall–Kier alpha value is -0.450. The van der Waals surface area contributed by atoms with Gasteiger partial charge in [-0.2, -0.15) is 0 Å². The molecule has 0 unspecified atom stereocenters. The second-order valence-corrected chi connectivity index (χ2v) is 4.53. The van der Waals surface area contributed by atoms with E-state index in [9.17, 15) is 0 Å². The van der Waals surface area contributed by atoms with Gasteiger partial charge >= 0.3 is 0 Å². The third-order valence-corrected chi connectivity index (χ3v) is 3.08. The molecule has 1 N–H and O–H groups in total. The second-order valence-electron chi connectivity index (χ2n) is 3.56. The van der Waals surface area contributed by atoms with Crippen LogP contribution in [0.2, 0.25) is 0 Å². The van der Waals surface area contributed by atoms with Gasteiger partial charge in [-0.3, -0.25) is 9.88 Å². The minimum Gasteiger partial charge on any atom is -0.312 e. The minimum atomic E-state index is 0.627. The predicted octanol–water partition coefficient (Wildman–Crippen LogP) is 0.937. The van der Waals surface area contributed by atoms with Gasteiger partial charge in [-0.05, 0) is 6.92 Å². The summed E-state index contributed by atoms with van der Waals surface area (Å²) in [5, 5.41) is 3.44. The molecule has 1 saturated heterocycles. The van der Waals surface area contributed by atoms with Gasteiger partial charge in [-0.1, -0.05) is 0 Å². The molecule has 72 valence electrons. The Bertz CT molecular complexity index is 247. The summed E-state index contributed by atoms with van der Waals surface area (Å²) in [4.78, 5) is 7.93. The normalized spacial score (nSPS) is 24.8. The molecule has 1 aliphatic heterocycles. The predicted molar refractivity (Wildman–Crippen MR) is 54.9 cm³/mol. The SMILES string of the molecule is C[C@@H]1CN(Cc2cncs2)CCN1. The first-order chi connectivity index (χ1) is 6.34. The Morgan fingerprint density at radius 1 is 1.77 bits per heavy atom. The van der Waals surface area contributed by atoms with Crippen molar-refractivity contribution in [1.82, 2.24) is 15.2 Å². The smallest absolute Gasteiger partial charge is 0.0794 e. The van der Waals surface area contributed by atoms with Crippen LogP contribution in [0.3, 0.4) is 0 Å². The third-order valence-electron chi connectivity index (χ3n) is 2.32. The monoisotopic (exact) mass is 197 g/mol. The molecule has 2 heterocycles. The van der Waals surface area contributed by atoms with Crippen molar-refractivity contribution in [2.45, 2.75) is 19.5 Å². The van der Waals surface area contributed by atoms with Crippen molar-refractivity contribution < 1.29 is 0 Å². The van der Waals surface area contributed by atoms with E-state index in [1.807, 2.05) is 11.7 Å². The molecule has 1 aliphatic rings. The van der Waals surface area contributed by atoms with Gasteiger partial charge in [0, 0.05) is 43.3 Å². The highest BCUT2D eigenvalue weighted by Gasteiger charge is 2.15. The van der Waals surface area contributed by atoms with Gasteiger partial charge in [0.15, 0.2) is 0 Å². The molecule has 1 fully saturated rings. The van der Waals surface area contributed by atoms with E-state index in [-0.39, 0.29) is 0 Å². The largest absolute Gasteiger partial charge is 0.312 e. The van der Waals surface area contributed by atoms with Crippen LogP contribution in [-0.2, 0) is 6.54 Å². The van der Waals surface area contributed by atoms with Gasteiger partial charge < -0.3 is 5.32 Å². The lowest BCUT2D eigenvalue weighted by Crippen LogP contribution is -2.48. The molecule has 0 aromatic carbocycles. The summed E-state index contributed by atoms with van der Waals surface area (Å²) in [6.07, 6.45) is 1.97. The highest BCUT2D eigenvalue weighted by Crippen LogP contribution is 2.10. The number of piperazine rings is 1. The van der Waals surface area contributed by atoms with Crippen LogP contribution in [0.25, 0.3) is 0 Å². The quantitative estimate of drug-likeness (QED) is 0.764. The standard InChI is InChI=1S/C9H15N3S/c1-8-5-12(3-2-11-8)6-9-4-10-7-13-9/h4,7-8,11H,2-3,5-6H2,1H3/t8-/m1/s1. The molecule has 0 radical (unpaired) electrons. The van der Waals surface area contributed by atoms with Crippen LogP contribution in [-0.4, -0.2) is 35.6 Å². The topological polar surface area (TPSA) is 28.2 Å². The molecule has 4 heteroatoms. The minimum absolute atomic E-state index is 0.627. The van der Waals surface area contributed by atoms with Crippen molar-refractivity contribution >= 4 is 11.3 Å². The van der Waals surface area contributed by atoms with Crippen molar-refractivity contribution in [1.29, 1.82) is 0 Å². The molecular formula is C9H15N3S. The van der Waals surface area contributed by atoms with Crippen molar-refractivity contribution in [3.8, 4) is 0 Å². The molecule has 0 spiro atoms.